The summed E-state index contributed by atoms with van der Waals surface area (Å²) in [4.78, 5) is 0. The second kappa shape index (κ2) is 7.10. The lowest BCUT2D eigenvalue weighted by atomic mass is 9.78. The summed E-state index contributed by atoms with van der Waals surface area (Å²) in [6, 6.07) is 6.73. The second-order valence-corrected chi connectivity index (χ2v) is 9.28. The highest BCUT2D eigenvalue weighted by Gasteiger charge is 2.42. The molecule has 1 unspecified atom stereocenters. The monoisotopic (exact) mass is 355 g/mol. The molecule has 6 heteroatoms. The van der Waals surface area contributed by atoms with Crippen molar-refractivity contribution >= 4 is 10.0 Å². The molecule has 0 amide bonds. The highest BCUT2D eigenvalue weighted by atomic mass is 32.2. The Morgan fingerprint density at radius 3 is 2.54 bits per heavy atom. The summed E-state index contributed by atoms with van der Waals surface area (Å²) in [5.74, 6) is 0.471. The Bertz CT molecular complexity index is 651. The minimum absolute atomic E-state index is 0.161. The van der Waals surface area contributed by atoms with Gasteiger partial charge in [-0.2, -0.15) is 0 Å². The van der Waals surface area contributed by atoms with Gasteiger partial charge in [-0.3, -0.25) is 0 Å². The standard InChI is InChI=1S/C18H26FNO3S/c1-2-24(21,22)20-10-8-18(9-11-20)14-16(7-12-23-18)13-15-3-5-17(19)6-4-15/h3-6,16H,2,7-14H2,1H3. The summed E-state index contributed by atoms with van der Waals surface area (Å²) in [5.41, 5.74) is 0.979. The van der Waals surface area contributed by atoms with Crippen molar-refractivity contribution in [2.24, 2.45) is 5.92 Å². The SMILES string of the molecule is CCS(=O)(=O)N1CCC2(CC1)CC(Cc1ccc(F)cc1)CCO2. The zero-order valence-corrected chi connectivity index (χ0v) is 15.0. The molecule has 0 N–H and O–H groups in total. The number of sulfonamides is 1. The molecule has 24 heavy (non-hydrogen) atoms. The first kappa shape index (κ1) is 17.8. The lowest BCUT2D eigenvalue weighted by Crippen LogP contribution is -2.51. The molecule has 2 saturated heterocycles. The van der Waals surface area contributed by atoms with Gasteiger partial charge in [0.15, 0.2) is 0 Å². The van der Waals surface area contributed by atoms with Gasteiger partial charge in [-0.25, -0.2) is 17.1 Å². The lowest BCUT2D eigenvalue weighted by Gasteiger charge is -2.46. The molecule has 1 atom stereocenters. The van der Waals surface area contributed by atoms with Crippen LogP contribution in [0.1, 0.15) is 38.2 Å². The molecule has 2 fully saturated rings. The van der Waals surface area contributed by atoms with Crippen molar-refractivity contribution in [1.29, 1.82) is 0 Å². The van der Waals surface area contributed by atoms with Gasteiger partial charge in [0.05, 0.1) is 11.4 Å². The summed E-state index contributed by atoms with van der Waals surface area (Å²) < 4.78 is 44.8. The summed E-state index contributed by atoms with van der Waals surface area (Å²) in [6.45, 7) is 3.53. The minimum Gasteiger partial charge on any atom is -0.375 e. The Morgan fingerprint density at radius 2 is 1.92 bits per heavy atom. The zero-order chi connectivity index (χ0) is 17.2. The average molecular weight is 355 g/mol. The Hall–Kier alpha value is -0.980. The van der Waals surface area contributed by atoms with Gasteiger partial charge in [-0.05, 0) is 62.6 Å². The van der Waals surface area contributed by atoms with Crippen molar-refractivity contribution in [3.05, 3.63) is 35.6 Å². The number of hydrogen-bond acceptors (Lipinski definition) is 3. The molecule has 134 valence electrons. The lowest BCUT2D eigenvalue weighted by molar-refractivity contribution is -0.120. The topological polar surface area (TPSA) is 46.6 Å². The van der Waals surface area contributed by atoms with Crippen LogP contribution in [-0.2, 0) is 21.2 Å². The van der Waals surface area contributed by atoms with Crippen LogP contribution < -0.4 is 0 Å². The minimum atomic E-state index is -3.10. The number of benzene rings is 1. The molecular formula is C18H26FNO3S. The van der Waals surface area contributed by atoms with Crippen LogP contribution in [0.2, 0.25) is 0 Å². The van der Waals surface area contributed by atoms with Crippen molar-refractivity contribution in [2.75, 3.05) is 25.4 Å². The van der Waals surface area contributed by atoms with Crippen molar-refractivity contribution < 1.29 is 17.5 Å². The molecule has 1 spiro atoms. The Kier molecular flexibility index (Phi) is 5.27. The first-order chi connectivity index (χ1) is 11.4. The second-order valence-electron chi connectivity index (χ2n) is 7.02. The molecule has 0 bridgehead atoms. The molecule has 2 aliphatic heterocycles. The third-order valence-corrected chi connectivity index (χ3v) is 7.31. The molecule has 0 aromatic heterocycles. The number of halogens is 1. The van der Waals surface area contributed by atoms with Gasteiger partial charge in [0, 0.05) is 19.7 Å². The van der Waals surface area contributed by atoms with Crippen LogP contribution >= 0.6 is 0 Å². The molecule has 2 heterocycles. The van der Waals surface area contributed by atoms with Gasteiger partial charge in [-0.1, -0.05) is 12.1 Å². The van der Waals surface area contributed by atoms with E-state index in [1.807, 2.05) is 12.1 Å². The van der Waals surface area contributed by atoms with E-state index >= 15 is 0 Å². The third-order valence-electron chi connectivity index (χ3n) is 5.42. The summed E-state index contributed by atoms with van der Waals surface area (Å²) >= 11 is 0. The summed E-state index contributed by atoms with van der Waals surface area (Å²) in [5, 5.41) is 0. The molecular weight excluding hydrogens is 329 g/mol. The Morgan fingerprint density at radius 1 is 1.25 bits per heavy atom. The summed E-state index contributed by atoms with van der Waals surface area (Å²) in [6.07, 6.45) is 4.45. The zero-order valence-electron chi connectivity index (χ0n) is 14.2. The quantitative estimate of drug-likeness (QED) is 0.834. The fourth-order valence-electron chi connectivity index (χ4n) is 3.96. The Balaban J connectivity index is 1.60. The number of ether oxygens (including phenoxy) is 1. The normalized spacial score (nSPS) is 25.0. The van der Waals surface area contributed by atoms with Gasteiger partial charge < -0.3 is 4.74 Å². The maximum atomic E-state index is 13.0. The Labute approximate surface area is 144 Å². The molecule has 3 rings (SSSR count). The highest BCUT2D eigenvalue weighted by Crippen LogP contribution is 2.39. The van der Waals surface area contributed by atoms with E-state index in [0.717, 1.165) is 44.3 Å². The van der Waals surface area contributed by atoms with E-state index in [4.69, 9.17) is 4.74 Å². The van der Waals surface area contributed by atoms with Crippen LogP contribution in [0.15, 0.2) is 24.3 Å². The molecule has 1 aromatic rings. The number of piperidine rings is 1. The van der Waals surface area contributed by atoms with Crippen LogP contribution in [0.5, 0.6) is 0 Å². The van der Waals surface area contributed by atoms with E-state index in [-0.39, 0.29) is 17.2 Å². The smallest absolute Gasteiger partial charge is 0.213 e. The van der Waals surface area contributed by atoms with Crippen molar-refractivity contribution in [2.45, 2.75) is 44.6 Å². The van der Waals surface area contributed by atoms with E-state index in [9.17, 15) is 12.8 Å². The number of nitrogens with zero attached hydrogens (tertiary/aromatic N) is 1. The first-order valence-electron chi connectivity index (χ1n) is 8.79. The fraction of sp³-hybridized carbons (Fsp3) is 0.667. The van der Waals surface area contributed by atoms with Gasteiger partial charge in [-0.15, -0.1) is 0 Å². The highest BCUT2D eigenvalue weighted by molar-refractivity contribution is 7.89. The maximum Gasteiger partial charge on any atom is 0.213 e. The molecule has 4 nitrogen and oxygen atoms in total. The average Bonchev–Trinajstić information content (AvgIpc) is 2.58. The van der Waals surface area contributed by atoms with Crippen molar-refractivity contribution in [3.8, 4) is 0 Å². The van der Waals surface area contributed by atoms with Crippen LogP contribution in [0.3, 0.4) is 0 Å². The number of hydrogen-bond donors (Lipinski definition) is 0. The van der Waals surface area contributed by atoms with Crippen LogP contribution in [-0.4, -0.2) is 43.8 Å². The van der Waals surface area contributed by atoms with Crippen molar-refractivity contribution in [1.82, 2.24) is 4.31 Å². The molecule has 0 saturated carbocycles. The van der Waals surface area contributed by atoms with E-state index in [2.05, 4.69) is 0 Å². The van der Waals surface area contributed by atoms with Gasteiger partial charge in [0.1, 0.15) is 5.82 Å². The van der Waals surface area contributed by atoms with E-state index in [1.165, 1.54) is 12.1 Å². The van der Waals surface area contributed by atoms with Gasteiger partial charge in [0.25, 0.3) is 0 Å². The predicted octanol–water partition coefficient (Wildman–Crippen LogP) is 2.98. The molecule has 0 radical (unpaired) electrons. The predicted molar refractivity (Wildman–Crippen MR) is 91.8 cm³/mol. The van der Waals surface area contributed by atoms with Crippen LogP contribution in [0.4, 0.5) is 4.39 Å². The van der Waals surface area contributed by atoms with Gasteiger partial charge in [0.2, 0.25) is 10.0 Å². The fourth-order valence-corrected chi connectivity index (χ4v) is 5.06. The maximum absolute atomic E-state index is 13.0. The van der Waals surface area contributed by atoms with E-state index < -0.39 is 10.0 Å². The molecule has 2 aliphatic rings. The first-order valence-corrected chi connectivity index (χ1v) is 10.4. The van der Waals surface area contributed by atoms with Gasteiger partial charge >= 0.3 is 0 Å². The molecule has 1 aromatic carbocycles. The third kappa shape index (κ3) is 3.98. The van der Waals surface area contributed by atoms with E-state index in [1.54, 1.807) is 11.2 Å². The molecule has 0 aliphatic carbocycles. The van der Waals surface area contributed by atoms with E-state index in [0.29, 0.717) is 19.0 Å². The van der Waals surface area contributed by atoms with Crippen molar-refractivity contribution in [3.63, 3.8) is 0 Å². The largest absolute Gasteiger partial charge is 0.375 e. The van der Waals surface area contributed by atoms with Crippen LogP contribution in [0, 0.1) is 11.7 Å². The van der Waals surface area contributed by atoms with Crippen LogP contribution in [0.25, 0.3) is 0 Å². The summed E-state index contributed by atoms with van der Waals surface area (Å²) in [7, 11) is -3.10. The number of rotatable bonds is 4.